The number of hydrogen-bond donors (Lipinski definition) is 0. The van der Waals surface area contributed by atoms with Gasteiger partial charge in [-0.3, -0.25) is 4.57 Å². The number of aryl methyl sites for hydroxylation is 1. The first-order chi connectivity index (χ1) is 23.6. The fourth-order valence-electron chi connectivity index (χ4n) is 5.97. The predicted molar refractivity (Wildman–Crippen MR) is 186 cm³/mol. The summed E-state index contributed by atoms with van der Waals surface area (Å²) >= 11 is 0. The highest BCUT2D eigenvalue weighted by Gasteiger charge is 2.40. The van der Waals surface area contributed by atoms with Gasteiger partial charge in [0, 0.05) is 61.7 Å². The van der Waals surface area contributed by atoms with Gasteiger partial charge in [0.2, 0.25) is 12.4 Å². The average molecular weight is 681 g/mol. The van der Waals surface area contributed by atoms with Gasteiger partial charge < -0.3 is 32.7 Å². The molecule has 13 nitrogen and oxygen atoms in total. The van der Waals surface area contributed by atoms with Gasteiger partial charge in [-0.25, -0.2) is 26.0 Å². The Bertz CT molecular complexity index is 1820. The van der Waals surface area contributed by atoms with Crippen LogP contribution in [-0.4, -0.2) is 74.7 Å². The van der Waals surface area contributed by atoms with E-state index in [9.17, 15) is 4.79 Å². The highest BCUT2D eigenvalue weighted by Crippen LogP contribution is 2.50. The number of nitrogens with zero attached hydrogens (tertiary/aromatic N) is 7. The minimum Gasteiger partial charge on any atom is -0.471 e. The minimum absolute atomic E-state index is 0.000185. The van der Waals surface area contributed by atoms with E-state index in [2.05, 4.69) is 70.9 Å². The van der Waals surface area contributed by atoms with Crippen molar-refractivity contribution >= 4 is 36.3 Å². The summed E-state index contributed by atoms with van der Waals surface area (Å²) in [6.45, 7) is 23.7. The number of benzene rings is 1. The van der Waals surface area contributed by atoms with Crippen molar-refractivity contribution in [1.82, 2.24) is 24.2 Å². The van der Waals surface area contributed by atoms with Gasteiger partial charge in [-0.1, -0.05) is 0 Å². The monoisotopic (exact) mass is 680 g/mol. The summed E-state index contributed by atoms with van der Waals surface area (Å²) in [5.41, 5.74) is 2.67. The Morgan fingerprint density at radius 1 is 1.19 bits per heavy atom. The molecule has 1 aliphatic heterocycles. The van der Waals surface area contributed by atoms with Gasteiger partial charge >= 0.3 is 5.63 Å². The van der Waals surface area contributed by atoms with Crippen molar-refractivity contribution in [3.8, 4) is 5.88 Å². The van der Waals surface area contributed by atoms with Gasteiger partial charge in [-0.2, -0.15) is 4.98 Å². The standard InChI is InChI=1S/C34H46N7O6P/c1-10-39(11-2)26-12-13-27-25(16-31(42)46-29(27)17-26)19-43-34-32-33(37-24(8)38-34)40(20-36-32)30-18-28(23(7)45-30)47-48(44-15-14-35-9)41(21(3)4)22(5)6/h12-13,16-17,20-23,28,30H,10-11,14-15,18-19H2,1-8H3/t23-,28?,30-,48?/m1/s1/i7D. The van der Waals surface area contributed by atoms with E-state index in [1.165, 1.54) is 6.07 Å². The molecular weight excluding hydrogens is 633 g/mol. The molecule has 2 unspecified atom stereocenters. The van der Waals surface area contributed by atoms with Crippen molar-refractivity contribution < 1.29 is 24.3 Å². The Balaban J connectivity index is 1.38. The second-order valence-electron chi connectivity index (χ2n) is 12.2. The first-order valence-electron chi connectivity index (χ1n) is 17.1. The lowest BCUT2D eigenvalue weighted by atomic mass is 10.1. The smallest absolute Gasteiger partial charge is 0.336 e. The number of hydrogen-bond acceptors (Lipinski definition) is 11. The third kappa shape index (κ3) is 7.80. The molecule has 0 bridgehead atoms. The summed E-state index contributed by atoms with van der Waals surface area (Å²) < 4.78 is 43.1. The van der Waals surface area contributed by atoms with Crippen LogP contribution in [0.3, 0.4) is 0 Å². The van der Waals surface area contributed by atoms with Gasteiger partial charge in [0.15, 0.2) is 11.2 Å². The minimum atomic E-state index is -1.50. The fraction of sp³-hybridized carbons (Fsp3) is 0.559. The third-order valence-corrected chi connectivity index (χ3v) is 10.3. The van der Waals surface area contributed by atoms with E-state index in [0.29, 0.717) is 34.6 Å². The van der Waals surface area contributed by atoms with Gasteiger partial charge in [0.05, 0.1) is 18.5 Å². The molecule has 5 rings (SSSR count). The van der Waals surface area contributed by atoms with E-state index < -0.39 is 32.6 Å². The molecule has 1 aliphatic rings. The van der Waals surface area contributed by atoms with E-state index in [1.807, 2.05) is 22.8 Å². The van der Waals surface area contributed by atoms with Crippen molar-refractivity contribution in [3.05, 3.63) is 63.8 Å². The summed E-state index contributed by atoms with van der Waals surface area (Å²) in [5, 5.41) is 0.779. The van der Waals surface area contributed by atoms with Crippen LogP contribution in [0.1, 0.15) is 73.8 Å². The summed E-state index contributed by atoms with van der Waals surface area (Å²) in [7, 11) is -1.50. The Labute approximate surface area is 284 Å². The maximum absolute atomic E-state index is 12.5. The van der Waals surface area contributed by atoms with Crippen molar-refractivity contribution in [1.29, 1.82) is 0 Å². The van der Waals surface area contributed by atoms with Crippen molar-refractivity contribution in [2.75, 3.05) is 31.1 Å². The maximum atomic E-state index is 12.5. The number of imidazole rings is 1. The quantitative estimate of drug-likeness (QED) is 0.0581. The molecule has 1 aromatic carbocycles. The summed E-state index contributed by atoms with van der Waals surface area (Å²) in [6, 6.07) is 7.59. The van der Waals surface area contributed by atoms with E-state index >= 15 is 0 Å². The van der Waals surface area contributed by atoms with Crippen LogP contribution in [0.4, 0.5) is 5.69 Å². The molecule has 258 valence electrons. The average Bonchev–Trinajstić information content (AvgIpc) is 3.67. The van der Waals surface area contributed by atoms with Crippen LogP contribution in [0.25, 0.3) is 27.0 Å². The van der Waals surface area contributed by atoms with Crippen LogP contribution in [0.5, 0.6) is 5.88 Å². The maximum Gasteiger partial charge on any atom is 0.336 e. The molecule has 0 aliphatic carbocycles. The second-order valence-corrected chi connectivity index (χ2v) is 13.6. The molecule has 48 heavy (non-hydrogen) atoms. The molecule has 4 aromatic rings. The van der Waals surface area contributed by atoms with Crippen LogP contribution < -0.4 is 15.3 Å². The van der Waals surface area contributed by atoms with Gasteiger partial charge in [0.25, 0.3) is 8.53 Å². The number of aromatic nitrogens is 4. The predicted octanol–water partition coefficient (Wildman–Crippen LogP) is 6.64. The molecule has 14 heteroatoms. The highest BCUT2D eigenvalue weighted by atomic mass is 31.2. The van der Waals surface area contributed by atoms with Crippen LogP contribution in [0.2, 0.25) is 0 Å². The Morgan fingerprint density at radius 2 is 1.96 bits per heavy atom. The van der Waals surface area contributed by atoms with Gasteiger partial charge in [0.1, 0.15) is 30.8 Å². The summed E-state index contributed by atoms with van der Waals surface area (Å²) in [4.78, 5) is 32.0. The summed E-state index contributed by atoms with van der Waals surface area (Å²) in [6.07, 6.45) is 0.673. The molecule has 0 saturated carbocycles. The van der Waals surface area contributed by atoms with E-state index in [1.54, 1.807) is 13.3 Å². The lowest BCUT2D eigenvalue weighted by Gasteiger charge is -2.36. The fourth-order valence-corrected chi connectivity index (χ4v) is 7.71. The number of ether oxygens (including phenoxy) is 2. The molecule has 4 heterocycles. The molecule has 0 amide bonds. The van der Waals surface area contributed by atoms with Crippen LogP contribution in [0, 0.1) is 13.5 Å². The SMILES string of the molecule is [2H]C[C@H]1O[C@@H](n2cnc3c(OCc4cc(=O)oc5cc(N(CC)CC)ccc45)nc(C)nc32)CC1OP(OCC[N+]#[C-])N(C(C)C)C(C)C. The van der Waals surface area contributed by atoms with Gasteiger partial charge in [-0.15, -0.1) is 0 Å². The van der Waals surface area contributed by atoms with Gasteiger partial charge in [-0.05, 0) is 67.5 Å². The highest BCUT2D eigenvalue weighted by molar-refractivity contribution is 7.44. The molecular formula is C34H46N7O6P. The Kier molecular flexibility index (Phi) is 11.2. The molecule has 0 spiro atoms. The molecule has 4 atom stereocenters. The first kappa shape index (κ1) is 34.2. The lowest BCUT2D eigenvalue weighted by Crippen LogP contribution is -2.35. The van der Waals surface area contributed by atoms with Crippen LogP contribution in [0.15, 0.2) is 39.8 Å². The van der Waals surface area contributed by atoms with E-state index in [4.69, 9.17) is 30.9 Å². The lowest BCUT2D eigenvalue weighted by molar-refractivity contribution is -0.00489. The largest absolute Gasteiger partial charge is 0.471 e. The number of rotatable bonds is 15. The van der Waals surface area contributed by atoms with Crippen molar-refractivity contribution in [2.24, 2.45) is 0 Å². The van der Waals surface area contributed by atoms with E-state index in [-0.39, 0.29) is 44.6 Å². The first-order valence-corrected chi connectivity index (χ1v) is 17.5. The Morgan fingerprint density at radius 3 is 2.65 bits per heavy atom. The van der Waals surface area contributed by atoms with E-state index in [0.717, 1.165) is 24.2 Å². The zero-order valence-corrected chi connectivity index (χ0v) is 29.6. The number of fused-ring (bicyclic) bond motifs is 2. The molecule has 1 saturated heterocycles. The molecule has 3 aromatic heterocycles. The topological polar surface area (TPSA) is 122 Å². The third-order valence-electron chi connectivity index (χ3n) is 8.18. The van der Waals surface area contributed by atoms with Crippen LogP contribution >= 0.6 is 8.53 Å². The molecule has 1 fully saturated rings. The van der Waals surface area contributed by atoms with Crippen molar-refractivity contribution in [2.45, 2.75) is 98.9 Å². The second kappa shape index (κ2) is 15.7. The zero-order chi connectivity index (χ0) is 35.2. The normalized spacial score (nSPS) is 19.0. The number of anilines is 1. The summed E-state index contributed by atoms with van der Waals surface area (Å²) in [5.74, 6) is 0.765. The zero-order valence-electron chi connectivity index (χ0n) is 29.8. The van der Waals surface area contributed by atoms with Crippen molar-refractivity contribution in [3.63, 3.8) is 0 Å². The molecule has 0 N–H and O–H groups in total. The Hall–Kier alpha value is -3.66. The molecule has 0 radical (unpaired) electrons. The van der Waals surface area contributed by atoms with Crippen LogP contribution in [-0.2, 0) is 20.4 Å².